The highest BCUT2D eigenvalue weighted by atomic mass is 16.5. The van der Waals surface area contributed by atoms with Crippen LogP contribution in [0.4, 0.5) is 5.82 Å². The lowest BCUT2D eigenvalue weighted by Crippen LogP contribution is -2.35. The Morgan fingerprint density at radius 2 is 1.92 bits per heavy atom. The van der Waals surface area contributed by atoms with Gasteiger partial charge in [0.15, 0.2) is 5.82 Å². The van der Waals surface area contributed by atoms with Crippen LogP contribution in [-0.4, -0.2) is 53.2 Å². The number of fused-ring (bicyclic) bond motifs is 1. The summed E-state index contributed by atoms with van der Waals surface area (Å²) in [5.41, 5.74) is 5.30. The molecule has 1 fully saturated rings. The molecule has 0 radical (unpaired) electrons. The zero-order chi connectivity index (χ0) is 16.4. The first-order valence-corrected chi connectivity index (χ1v) is 8.37. The minimum absolute atomic E-state index is 0.777. The summed E-state index contributed by atoms with van der Waals surface area (Å²) in [5.74, 6) is 0.777. The zero-order valence-electron chi connectivity index (χ0n) is 13.8. The Hall–Kier alpha value is -2.47. The predicted molar refractivity (Wildman–Crippen MR) is 94.6 cm³/mol. The van der Waals surface area contributed by atoms with Crippen LogP contribution >= 0.6 is 0 Å². The number of hydrogen-bond donors (Lipinski definition) is 1. The van der Waals surface area contributed by atoms with Crippen molar-refractivity contribution in [3.63, 3.8) is 0 Å². The first-order chi connectivity index (χ1) is 11.8. The molecule has 0 saturated carbocycles. The highest BCUT2D eigenvalue weighted by Gasteiger charge is 2.18. The van der Waals surface area contributed by atoms with E-state index in [1.165, 1.54) is 11.3 Å². The minimum Gasteiger partial charge on any atom is -0.378 e. The van der Waals surface area contributed by atoms with Crippen LogP contribution in [-0.2, 0) is 4.74 Å². The average Bonchev–Trinajstić information content (AvgIpc) is 2.68. The largest absolute Gasteiger partial charge is 0.378 e. The molecule has 1 N–H and O–H groups in total. The summed E-state index contributed by atoms with van der Waals surface area (Å²) in [6, 6.07) is 2.03. The summed E-state index contributed by atoms with van der Waals surface area (Å²) < 4.78 is 5.43. The molecule has 6 heteroatoms. The molecule has 0 bridgehead atoms. The van der Waals surface area contributed by atoms with E-state index in [2.05, 4.69) is 32.3 Å². The van der Waals surface area contributed by atoms with Crippen LogP contribution in [0, 0.1) is 0 Å². The molecular formula is C18H21N5O. The Morgan fingerprint density at radius 1 is 1.08 bits per heavy atom. The monoisotopic (exact) mass is 323 g/mol. The first kappa shape index (κ1) is 15.1. The quantitative estimate of drug-likeness (QED) is 0.936. The van der Waals surface area contributed by atoms with Crippen LogP contribution in [0.15, 0.2) is 36.3 Å². The van der Waals surface area contributed by atoms with Gasteiger partial charge in [0.25, 0.3) is 0 Å². The molecule has 124 valence electrons. The normalized spacial score (nSPS) is 18.3. The van der Waals surface area contributed by atoms with Gasteiger partial charge in [-0.25, -0.2) is 9.97 Å². The molecule has 24 heavy (non-hydrogen) atoms. The number of rotatable bonds is 3. The van der Waals surface area contributed by atoms with Gasteiger partial charge in [-0.1, -0.05) is 6.08 Å². The topological polar surface area (TPSA) is 63.2 Å². The van der Waals surface area contributed by atoms with E-state index in [4.69, 9.17) is 9.72 Å². The van der Waals surface area contributed by atoms with Crippen molar-refractivity contribution in [1.82, 2.24) is 19.9 Å². The lowest BCUT2D eigenvalue weighted by molar-refractivity contribution is 0.0521. The van der Waals surface area contributed by atoms with Crippen LogP contribution in [0.1, 0.15) is 18.5 Å². The number of hydrogen-bond acceptors (Lipinski definition) is 6. The second-order valence-electron chi connectivity index (χ2n) is 5.98. The molecule has 0 spiro atoms. The number of allylic oxidation sites excluding steroid dienone is 4. The molecule has 2 aromatic heterocycles. The lowest BCUT2D eigenvalue weighted by Gasteiger charge is -2.32. The van der Waals surface area contributed by atoms with E-state index >= 15 is 0 Å². The molecule has 3 heterocycles. The van der Waals surface area contributed by atoms with Gasteiger partial charge >= 0.3 is 0 Å². The third kappa shape index (κ3) is 2.85. The van der Waals surface area contributed by atoms with Crippen molar-refractivity contribution in [1.29, 1.82) is 0 Å². The Labute approximate surface area is 141 Å². The zero-order valence-corrected chi connectivity index (χ0v) is 13.8. The minimum atomic E-state index is 0.777. The second-order valence-corrected chi connectivity index (χ2v) is 5.98. The fourth-order valence-corrected chi connectivity index (χ4v) is 3.26. The van der Waals surface area contributed by atoms with E-state index in [0.717, 1.165) is 61.7 Å². The summed E-state index contributed by atoms with van der Waals surface area (Å²) in [5, 5.41) is 3.13. The Kier molecular flexibility index (Phi) is 4.13. The number of morpholine rings is 1. The number of nitrogens with one attached hydrogen (secondary N) is 1. The molecule has 0 amide bonds. The fraction of sp³-hybridized carbons (Fsp3) is 0.389. The van der Waals surface area contributed by atoms with Crippen molar-refractivity contribution < 1.29 is 4.74 Å². The van der Waals surface area contributed by atoms with E-state index in [9.17, 15) is 0 Å². The number of nitrogens with zero attached hydrogens (tertiary/aromatic N) is 4. The second kappa shape index (κ2) is 6.57. The van der Waals surface area contributed by atoms with Crippen molar-refractivity contribution >= 4 is 22.4 Å². The van der Waals surface area contributed by atoms with Gasteiger partial charge in [0.05, 0.1) is 24.4 Å². The van der Waals surface area contributed by atoms with Crippen LogP contribution in [0.5, 0.6) is 0 Å². The standard InChI is InChI=1S/C18H21N5O/c1-19-18-17-16(20-6-7-21-17)12-15(22-18)13-2-4-14(5-3-13)23-8-10-24-11-9-23/h2,4,6-7,12H,3,5,8-11H2,1H3,(H,19,22). The number of anilines is 1. The van der Waals surface area contributed by atoms with Gasteiger partial charge in [0.1, 0.15) is 5.52 Å². The Bertz CT molecular complexity index is 808. The van der Waals surface area contributed by atoms with Gasteiger partial charge in [-0.05, 0) is 30.6 Å². The number of aromatic nitrogens is 3. The highest BCUT2D eigenvalue weighted by molar-refractivity contribution is 5.87. The summed E-state index contributed by atoms with van der Waals surface area (Å²) in [4.78, 5) is 16.0. The lowest BCUT2D eigenvalue weighted by atomic mass is 9.98. The van der Waals surface area contributed by atoms with Crippen molar-refractivity contribution in [2.45, 2.75) is 12.8 Å². The average molecular weight is 323 g/mol. The maximum Gasteiger partial charge on any atom is 0.154 e. The Morgan fingerprint density at radius 3 is 2.67 bits per heavy atom. The molecule has 1 saturated heterocycles. The molecule has 4 rings (SSSR count). The van der Waals surface area contributed by atoms with Crippen molar-refractivity contribution in [3.05, 3.63) is 42.0 Å². The van der Waals surface area contributed by atoms with Gasteiger partial charge in [0.2, 0.25) is 0 Å². The fourth-order valence-electron chi connectivity index (χ4n) is 3.26. The molecule has 0 unspecified atom stereocenters. The highest BCUT2D eigenvalue weighted by Crippen LogP contribution is 2.30. The van der Waals surface area contributed by atoms with Crippen LogP contribution in [0.25, 0.3) is 16.6 Å². The third-order valence-corrected chi connectivity index (χ3v) is 4.57. The van der Waals surface area contributed by atoms with E-state index in [0.29, 0.717) is 0 Å². The molecule has 2 aliphatic rings. The summed E-state index contributed by atoms with van der Waals surface area (Å²) in [6.45, 7) is 3.63. The predicted octanol–water partition coefficient (Wildman–Crippen LogP) is 2.46. The van der Waals surface area contributed by atoms with Crippen molar-refractivity contribution in [2.75, 3.05) is 38.7 Å². The maximum absolute atomic E-state index is 5.43. The summed E-state index contributed by atoms with van der Waals surface area (Å²) >= 11 is 0. The number of pyridine rings is 1. The van der Waals surface area contributed by atoms with Crippen LogP contribution < -0.4 is 5.32 Å². The van der Waals surface area contributed by atoms with E-state index < -0.39 is 0 Å². The van der Waals surface area contributed by atoms with Gasteiger partial charge in [-0.15, -0.1) is 0 Å². The van der Waals surface area contributed by atoms with E-state index in [1.807, 2.05) is 13.1 Å². The van der Waals surface area contributed by atoms with Gasteiger partial charge < -0.3 is 15.0 Å². The molecule has 6 nitrogen and oxygen atoms in total. The maximum atomic E-state index is 5.43. The van der Waals surface area contributed by atoms with Crippen molar-refractivity contribution in [2.24, 2.45) is 0 Å². The first-order valence-electron chi connectivity index (χ1n) is 8.37. The van der Waals surface area contributed by atoms with Crippen molar-refractivity contribution in [3.8, 4) is 0 Å². The smallest absolute Gasteiger partial charge is 0.154 e. The molecular weight excluding hydrogens is 302 g/mol. The van der Waals surface area contributed by atoms with Crippen LogP contribution in [0.2, 0.25) is 0 Å². The summed E-state index contributed by atoms with van der Waals surface area (Å²) in [7, 11) is 1.87. The molecule has 0 aromatic carbocycles. The van der Waals surface area contributed by atoms with Gasteiger partial charge in [0, 0.05) is 38.2 Å². The molecule has 1 aliphatic heterocycles. The van der Waals surface area contributed by atoms with E-state index in [-0.39, 0.29) is 0 Å². The van der Waals surface area contributed by atoms with E-state index in [1.54, 1.807) is 12.4 Å². The van der Waals surface area contributed by atoms with Gasteiger partial charge in [-0.2, -0.15) is 0 Å². The SMILES string of the molecule is CNc1nc(C2=CC=C(N3CCOCC3)CC2)cc2nccnc12. The molecule has 1 aliphatic carbocycles. The molecule has 0 atom stereocenters. The number of ether oxygens (including phenoxy) is 1. The molecule has 2 aromatic rings. The summed E-state index contributed by atoms with van der Waals surface area (Å²) in [6.07, 6.45) is 9.87. The third-order valence-electron chi connectivity index (χ3n) is 4.57. The Balaban J connectivity index is 1.65. The van der Waals surface area contributed by atoms with Gasteiger partial charge in [-0.3, -0.25) is 4.98 Å². The van der Waals surface area contributed by atoms with Crippen LogP contribution in [0.3, 0.4) is 0 Å².